The van der Waals surface area contributed by atoms with E-state index < -0.39 is 5.97 Å². The molecule has 0 bridgehead atoms. The van der Waals surface area contributed by atoms with Gasteiger partial charge in [-0.15, -0.1) is 5.10 Å². The SMILES string of the molecule is Cc1nnnn1CCCCC(=O)O. The van der Waals surface area contributed by atoms with Gasteiger partial charge in [-0.25, -0.2) is 4.68 Å². The third-order valence-electron chi connectivity index (χ3n) is 1.72. The van der Waals surface area contributed by atoms with E-state index in [1.54, 1.807) is 4.68 Å². The van der Waals surface area contributed by atoms with Crippen LogP contribution in [0.4, 0.5) is 0 Å². The van der Waals surface area contributed by atoms with E-state index in [0.29, 0.717) is 13.0 Å². The van der Waals surface area contributed by atoms with E-state index in [-0.39, 0.29) is 6.42 Å². The Balaban J connectivity index is 2.20. The van der Waals surface area contributed by atoms with Crippen molar-refractivity contribution >= 4 is 5.97 Å². The minimum Gasteiger partial charge on any atom is -0.481 e. The van der Waals surface area contributed by atoms with E-state index in [1.165, 1.54) is 0 Å². The van der Waals surface area contributed by atoms with Crippen molar-refractivity contribution in [3.63, 3.8) is 0 Å². The standard InChI is InChI=1S/C7H12N4O2/c1-6-8-9-10-11(6)5-3-2-4-7(12)13/h2-5H2,1H3,(H,12,13). The molecule has 0 aromatic carbocycles. The van der Waals surface area contributed by atoms with Crippen LogP contribution in [0.3, 0.4) is 0 Å². The fraction of sp³-hybridized carbons (Fsp3) is 0.714. The predicted octanol–water partition coefficient (Wildman–Crippen LogP) is 0.236. The molecular formula is C7H12N4O2. The molecule has 1 aromatic rings. The first kappa shape index (κ1) is 9.63. The molecule has 0 aliphatic carbocycles. The van der Waals surface area contributed by atoms with Gasteiger partial charge in [-0.3, -0.25) is 4.79 Å². The Hall–Kier alpha value is -1.46. The van der Waals surface area contributed by atoms with Gasteiger partial charge < -0.3 is 5.11 Å². The molecule has 1 N–H and O–H groups in total. The van der Waals surface area contributed by atoms with E-state index >= 15 is 0 Å². The number of aromatic nitrogens is 4. The molecule has 0 saturated carbocycles. The van der Waals surface area contributed by atoms with Crippen LogP contribution in [0.2, 0.25) is 0 Å². The lowest BCUT2D eigenvalue weighted by Gasteiger charge is -1.99. The van der Waals surface area contributed by atoms with Gasteiger partial charge in [0.15, 0.2) is 0 Å². The quantitative estimate of drug-likeness (QED) is 0.663. The Kier molecular flexibility index (Phi) is 3.36. The molecule has 0 fully saturated rings. The summed E-state index contributed by atoms with van der Waals surface area (Å²) in [6.07, 6.45) is 1.66. The summed E-state index contributed by atoms with van der Waals surface area (Å²) in [5.74, 6) is 0.00348. The highest BCUT2D eigenvalue weighted by Gasteiger charge is 2.00. The summed E-state index contributed by atoms with van der Waals surface area (Å²) in [5, 5.41) is 19.3. The van der Waals surface area contributed by atoms with E-state index in [9.17, 15) is 4.79 Å². The summed E-state index contributed by atoms with van der Waals surface area (Å²) in [5.41, 5.74) is 0. The van der Waals surface area contributed by atoms with E-state index in [4.69, 9.17) is 5.11 Å². The monoisotopic (exact) mass is 184 g/mol. The van der Waals surface area contributed by atoms with Gasteiger partial charge in [-0.2, -0.15) is 0 Å². The zero-order chi connectivity index (χ0) is 9.68. The molecule has 0 amide bonds. The van der Waals surface area contributed by atoms with Gasteiger partial charge in [0, 0.05) is 13.0 Å². The van der Waals surface area contributed by atoms with Gasteiger partial charge in [-0.1, -0.05) is 0 Å². The van der Waals surface area contributed by atoms with Gasteiger partial charge in [0.25, 0.3) is 0 Å². The first-order chi connectivity index (χ1) is 6.20. The average Bonchev–Trinajstić information content (AvgIpc) is 2.45. The minimum absolute atomic E-state index is 0.209. The highest BCUT2D eigenvalue weighted by atomic mass is 16.4. The van der Waals surface area contributed by atoms with Crippen molar-refractivity contribution in [2.45, 2.75) is 32.7 Å². The van der Waals surface area contributed by atoms with Crippen molar-refractivity contribution in [3.05, 3.63) is 5.82 Å². The summed E-state index contributed by atoms with van der Waals surface area (Å²) in [7, 11) is 0. The maximum absolute atomic E-state index is 10.2. The van der Waals surface area contributed by atoms with Crippen LogP contribution in [-0.2, 0) is 11.3 Å². The number of carboxylic acids is 1. The summed E-state index contributed by atoms with van der Waals surface area (Å²) < 4.78 is 1.67. The number of carboxylic acid groups (broad SMARTS) is 1. The number of aliphatic carboxylic acids is 1. The van der Waals surface area contributed by atoms with Gasteiger partial charge >= 0.3 is 5.97 Å². The van der Waals surface area contributed by atoms with Crippen LogP contribution in [-0.4, -0.2) is 31.3 Å². The van der Waals surface area contributed by atoms with Crippen molar-refractivity contribution in [3.8, 4) is 0 Å². The Labute approximate surface area is 75.6 Å². The lowest BCUT2D eigenvalue weighted by Crippen LogP contribution is -2.04. The molecule has 0 atom stereocenters. The van der Waals surface area contributed by atoms with Crippen molar-refractivity contribution in [1.29, 1.82) is 0 Å². The normalized spacial score (nSPS) is 10.2. The molecule has 13 heavy (non-hydrogen) atoms. The highest BCUT2D eigenvalue weighted by molar-refractivity contribution is 5.66. The largest absolute Gasteiger partial charge is 0.481 e. The van der Waals surface area contributed by atoms with Crippen LogP contribution >= 0.6 is 0 Å². The van der Waals surface area contributed by atoms with Gasteiger partial charge in [0.2, 0.25) is 0 Å². The zero-order valence-corrected chi connectivity index (χ0v) is 7.47. The molecule has 1 aromatic heterocycles. The maximum atomic E-state index is 10.2. The molecule has 6 nitrogen and oxygen atoms in total. The fourth-order valence-electron chi connectivity index (χ4n) is 0.994. The number of carbonyl (C=O) groups is 1. The molecule has 0 aliphatic heterocycles. The second kappa shape index (κ2) is 4.54. The first-order valence-electron chi connectivity index (χ1n) is 4.14. The molecule has 1 heterocycles. The number of hydrogen-bond acceptors (Lipinski definition) is 4. The van der Waals surface area contributed by atoms with Crippen molar-refractivity contribution in [2.24, 2.45) is 0 Å². The van der Waals surface area contributed by atoms with E-state index in [1.807, 2.05) is 6.92 Å². The Morgan fingerprint density at radius 2 is 2.31 bits per heavy atom. The lowest BCUT2D eigenvalue weighted by molar-refractivity contribution is -0.137. The van der Waals surface area contributed by atoms with E-state index in [2.05, 4.69) is 15.5 Å². The van der Waals surface area contributed by atoms with Gasteiger partial charge in [0.05, 0.1) is 0 Å². The number of nitrogens with zero attached hydrogens (tertiary/aromatic N) is 4. The topological polar surface area (TPSA) is 80.9 Å². The van der Waals surface area contributed by atoms with Crippen LogP contribution in [0.5, 0.6) is 0 Å². The average molecular weight is 184 g/mol. The number of tetrazole rings is 1. The molecular weight excluding hydrogens is 172 g/mol. The molecule has 1 rings (SSSR count). The summed E-state index contributed by atoms with van der Waals surface area (Å²) in [4.78, 5) is 10.2. The second-order valence-electron chi connectivity index (χ2n) is 2.80. The van der Waals surface area contributed by atoms with Crippen LogP contribution < -0.4 is 0 Å². The highest BCUT2D eigenvalue weighted by Crippen LogP contribution is 1.99. The summed E-state index contributed by atoms with van der Waals surface area (Å²) in [6.45, 7) is 2.50. The Morgan fingerprint density at radius 3 is 2.85 bits per heavy atom. The number of hydrogen-bond donors (Lipinski definition) is 1. The first-order valence-corrected chi connectivity index (χ1v) is 4.14. The summed E-state index contributed by atoms with van der Waals surface area (Å²) in [6, 6.07) is 0. The lowest BCUT2D eigenvalue weighted by atomic mass is 10.2. The third-order valence-corrected chi connectivity index (χ3v) is 1.72. The smallest absolute Gasteiger partial charge is 0.303 e. The Bertz CT molecular complexity index is 284. The van der Waals surface area contributed by atoms with Crippen LogP contribution in [0.15, 0.2) is 0 Å². The molecule has 0 saturated heterocycles. The van der Waals surface area contributed by atoms with Crippen molar-refractivity contribution < 1.29 is 9.90 Å². The fourth-order valence-corrected chi connectivity index (χ4v) is 0.994. The number of aryl methyl sites for hydroxylation is 2. The predicted molar refractivity (Wildman–Crippen MR) is 44.0 cm³/mol. The van der Waals surface area contributed by atoms with Crippen LogP contribution in [0.25, 0.3) is 0 Å². The molecule has 0 spiro atoms. The molecule has 72 valence electrons. The maximum Gasteiger partial charge on any atom is 0.303 e. The van der Waals surface area contributed by atoms with Crippen LogP contribution in [0, 0.1) is 6.92 Å². The van der Waals surface area contributed by atoms with Crippen molar-refractivity contribution in [1.82, 2.24) is 20.2 Å². The zero-order valence-electron chi connectivity index (χ0n) is 7.47. The van der Waals surface area contributed by atoms with E-state index in [0.717, 1.165) is 12.2 Å². The number of rotatable bonds is 5. The summed E-state index contributed by atoms with van der Waals surface area (Å²) >= 11 is 0. The third kappa shape index (κ3) is 3.18. The van der Waals surface area contributed by atoms with Gasteiger partial charge in [-0.05, 0) is 30.2 Å². The molecule has 0 radical (unpaired) electrons. The van der Waals surface area contributed by atoms with Crippen molar-refractivity contribution in [2.75, 3.05) is 0 Å². The molecule has 0 aliphatic rings. The molecule has 6 heteroatoms. The minimum atomic E-state index is -0.756. The molecule has 0 unspecified atom stereocenters. The van der Waals surface area contributed by atoms with Crippen LogP contribution in [0.1, 0.15) is 25.1 Å². The Morgan fingerprint density at radius 1 is 1.54 bits per heavy atom. The second-order valence-corrected chi connectivity index (χ2v) is 2.80. The number of unbranched alkanes of at least 4 members (excludes halogenated alkanes) is 1. The van der Waals surface area contributed by atoms with Gasteiger partial charge in [0.1, 0.15) is 5.82 Å².